The normalized spacial score (nSPS) is 10.8. The summed E-state index contributed by atoms with van der Waals surface area (Å²) >= 11 is 5.72. The van der Waals surface area contributed by atoms with Gasteiger partial charge in [-0.15, -0.1) is 5.10 Å². The number of carbonyl (C=O) groups is 1. The van der Waals surface area contributed by atoms with E-state index in [1.54, 1.807) is 18.2 Å². The average molecular weight is 349 g/mol. The summed E-state index contributed by atoms with van der Waals surface area (Å²) < 4.78 is 19.9. The van der Waals surface area contributed by atoms with Crippen LogP contribution in [0.1, 0.15) is 23.0 Å². The van der Waals surface area contributed by atoms with Gasteiger partial charge in [-0.25, -0.2) is 13.9 Å². The molecule has 0 atom stereocenters. The van der Waals surface area contributed by atoms with Gasteiger partial charge < -0.3 is 10.1 Å². The Kier molecular flexibility index (Phi) is 4.61. The van der Waals surface area contributed by atoms with Crippen LogP contribution in [0.2, 0.25) is 5.02 Å². The SMILES string of the molecule is CCOc1ccc2nc(C(=O)NCc3ccc(F)c(Cl)c3)cn2n1. The zero-order valence-corrected chi connectivity index (χ0v) is 13.5. The number of imidazole rings is 1. The van der Waals surface area contributed by atoms with Gasteiger partial charge in [-0.05, 0) is 30.7 Å². The summed E-state index contributed by atoms with van der Waals surface area (Å²) in [5, 5.41) is 6.92. The summed E-state index contributed by atoms with van der Waals surface area (Å²) in [6, 6.07) is 7.69. The van der Waals surface area contributed by atoms with Gasteiger partial charge in [-0.2, -0.15) is 0 Å². The van der Waals surface area contributed by atoms with Crippen molar-refractivity contribution in [3.63, 3.8) is 0 Å². The van der Waals surface area contributed by atoms with Crippen LogP contribution in [0.5, 0.6) is 5.88 Å². The molecule has 0 aliphatic rings. The van der Waals surface area contributed by atoms with E-state index in [4.69, 9.17) is 16.3 Å². The third-order valence-corrected chi connectivity index (χ3v) is 3.55. The first-order chi connectivity index (χ1) is 11.6. The average Bonchev–Trinajstić information content (AvgIpc) is 2.99. The van der Waals surface area contributed by atoms with Crippen molar-refractivity contribution in [3.05, 3.63) is 58.6 Å². The number of aromatic nitrogens is 3. The summed E-state index contributed by atoms with van der Waals surface area (Å²) in [7, 11) is 0. The third-order valence-electron chi connectivity index (χ3n) is 3.26. The van der Waals surface area contributed by atoms with Gasteiger partial charge in [0.15, 0.2) is 5.65 Å². The van der Waals surface area contributed by atoms with Gasteiger partial charge in [-0.3, -0.25) is 4.79 Å². The van der Waals surface area contributed by atoms with Gasteiger partial charge in [-0.1, -0.05) is 17.7 Å². The Morgan fingerprint density at radius 3 is 2.96 bits per heavy atom. The summed E-state index contributed by atoms with van der Waals surface area (Å²) in [5.74, 6) is -0.405. The van der Waals surface area contributed by atoms with E-state index in [1.807, 2.05) is 6.92 Å². The van der Waals surface area contributed by atoms with Crippen molar-refractivity contribution >= 4 is 23.2 Å². The first kappa shape index (κ1) is 16.2. The molecule has 0 saturated carbocycles. The van der Waals surface area contributed by atoms with E-state index in [9.17, 15) is 9.18 Å². The lowest BCUT2D eigenvalue weighted by Gasteiger charge is -2.04. The van der Waals surface area contributed by atoms with Gasteiger partial charge in [0.25, 0.3) is 5.91 Å². The number of nitrogens with one attached hydrogen (secondary N) is 1. The standard InChI is InChI=1S/C16H14ClFN4O2/c1-2-24-15-6-5-14-20-13(9-22(14)21-15)16(23)19-8-10-3-4-12(18)11(17)7-10/h3-7,9H,2,8H2,1H3,(H,19,23). The molecular weight excluding hydrogens is 335 g/mol. The second-order valence-electron chi connectivity index (χ2n) is 4.96. The first-order valence-electron chi connectivity index (χ1n) is 7.28. The van der Waals surface area contributed by atoms with E-state index in [1.165, 1.54) is 22.8 Å². The fourth-order valence-electron chi connectivity index (χ4n) is 2.12. The van der Waals surface area contributed by atoms with Crippen molar-refractivity contribution < 1.29 is 13.9 Å². The molecule has 2 heterocycles. The second-order valence-corrected chi connectivity index (χ2v) is 5.37. The number of rotatable bonds is 5. The highest BCUT2D eigenvalue weighted by atomic mass is 35.5. The topological polar surface area (TPSA) is 68.5 Å². The molecule has 0 spiro atoms. The van der Waals surface area contributed by atoms with E-state index >= 15 is 0 Å². The molecule has 6 nitrogen and oxygen atoms in total. The lowest BCUT2D eigenvalue weighted by Crippen LogP contribution is -2.23. The quantitative estimate of drug-likeness (QED) is 0.769. The molecule has 0 saturated heterocycles. The van der Waals surface area contributed by atoms with Crippen LogP contribution in [0.4, 0.5) is 4.39 Å². The number of benzene rings is 1. The number of fused-ring (bicyclic) bond motifs is 1. The number of nitrogens with zero attached hydrogens (tertiary/aromatic N) is 3. The van der Waals surface area contributed by atoms with E-state index < -0.39 is 5.82 Å². The lowest BCUT2D eigenvalue weighted by molar-refractivity contribution is 0.0946. The van der Waals surface area contributed by atoms with Crippen LogP contribution in [-0.2, 0) is 6.54 Å². The van der Waals surface area contributed by atoms with Crippen LogP contribution in [0.15, 0.2) is 36.5 Å². The number of ether oxygens (including phenoxy) is 1. The fourth-order valence-corrected chi connectivity index (χ4v) is 2.32. The molecule has 0 aliphatic carbocycles. The molecule has 2 aromatic heterocycles. The Morgan fingerprint density at radius 2 is 2.21 bits per heavy atom. The Hall–Kier alpha value is -2.67. The molecule has 1 N–H and O–H groups in total. The minimum Gasteiger partial charge on any atom is -0.477 e. The molecule has 0 radical (unpaired) electrons. The number of hydrogen-bond donors (Lipinski definition) is 1. The Balaban J connectivity index is 1.72. The summed E-state index contributed by atoms with van der Waals surface area (Å²) in [6.45, 7) is 2.57. The number of hydrogen-bond acceptors (Lipinski definition) is 4. The molecule has 1 aromatic carbocycles. The predicted molar refractivity (Wildman–Crippen MR) is 86.7 cm³/mol. The maximum atomic E-state index is 13.1. The smallest absolute Gasteiger partial charge is 0.271 e. The van der Waals surface area contributed by atoms with Gasteiger partial charge in [0.05, 0.1) is 17.8 Å². The molecule has 0 aliphatic heterocycles. The molecule has 0 bridgehead atoms. The van der Waals surface area contributed by atoms with Gasteiger partial charge in [0.2, 0.25) is 5.88 Å². The maximum absolute atomic E-state index is 13.1. The molecule has 124 valence electrons. The zero-order chi connectivity index (χ0) is 17.1. The largest absolute Gasteiger partial charge is 0.477 e. The summed E-state index contributed by atoms with van der Waals surface area (Å²) in [5.41, 5.74) is 1.45. The Bertz CT molecular complexity index is 897. The molecule has 8 heteroatoms. The Morgan fingerprint density at radius 1 is 1.38 bits per heavy atom. The van der Waals surface area contributed by atoms with E-state index in [-0.39, 0.29) is 23.2 Å². The maximum Gasteiger partial charge on any atom is 0.271 e. The highest BCUT2D eigenvalue weighted by Gasteiger charge is 2.12. The third kappa shape index (κ3) is 3.46. The highest BCUT2D eigenvalue weighted by Crippen LogP contribution is 2.16. The van der Waals surface area contributed by atoms with Crippen LogP contribution in [0.25, 0.3) is 5.65 Å². The predicted octanol–water partition coefficient (Wildman–Crippen LogP) is 2.85. The number of halogens is 2. The van der Waals surface area contributed by atoms with Crippen molar-refractivity contribution in [2.45, 2.75) is 13.5 Å². The van der Waals surface area contributed by atoms with E-state index in [0.29, 0.717) is 23.7 Å². The molecule has 1 amide bonds. The van der Waals surface area contributed by atoms with Crippen LogP contribution >= 0.6 is 11.6 Å². The van der Waals surface area contributed by atoms with Crippen LogP contribution in [-0.4, -0.2) is 27.1 Å². The second kappa shape index (κ2) is 6.84. The fraction of sp³-hybridized carbons (Fsp3) is 0.188. The zero-order valence-electron chi connectivity index (χ0n) is 12.8. The Labute approximate surface area is 142 Å². The molecule has 0 unspecified atom stereocenters. The molecule has 24 heavy (non-hydrogen) atoms. The highest BCUT2D eigenvalue weighted by molar-refractivity contribution is 6.30. The lowest BCUT2D eigenvalue weighted by atomic mass is 10.2. The van der Waals surface area contributed by atoms with E-state index in [0.717, 1.165) is 0 Å². The molecule has 3 rings (SSSR count). The van der Waals surface area contributed by atoms with E-state index in [2.05, 4.69) is 15.4 Å². The summed E-state index contributed by atoms with van der Waals surface area (Å²) in [6.07, 6.45) is 1.52. The van der Waals surface area contributed by atoms with Crippen LogP contribution in [0.3, 0.4) is 0 Å². The van der Waals surface area contributed by atoms with Crippen LogP contribution in [0, 0.1) is 5.82 Å². The molecular formula is C16H14ClFN4O2. The van der Waals surface area contributed by atoms with Crippen molar-refractivity contribution in [2.24, 2.45) is 0 Å². The van der Waals surface area contributed by atoms with Gasteiger partial charge >= 0.3 is 0 Å². The minimum atomic E-state index is -0.497. The first-order valence-corrected chi connectivity index (χ1v) is 7.66. The van der Waals surface area contributed by atoms with Crippen molar-refractivity contribution in [3.8, 4) is 5.88 Å². The van der Waals surface area contributed by atoms with Crippen LogP contribution < -0.4 is 10.1 Å². The van der Waals surface area contributed by atoms with Crippen molar-refractivity contribution in [1.82, 2.24) is 19.9 Å². The minimum absolute atomic E-state index is 0.0159. The molecule has 0 fully saturated rings. The summed E-state index contributed by atoms with van der Waals surface area (Å²) in [4.78, 5) is 16.4. The molecule has 3 aromatic rings. The van der Waals surface area contributed by atoms with Crippen molar-refractivity contribution in [2.75, 3.05) is 6.61 Å². The monoisotopic (exact) mass is 348 g/mol. The number of amides is 1. The van der Waals surface area contributed by atoms with Gasteiger partial charge in [0.1, 0.15) is 11.5 Å². The number of carbonyl (C=O) groups excluding carboxylic acids is 1. The van der Waals surface area contributed by atoms with Gasteiger partial charge in [0, 0.05) is 12.6 Å². The van der Waals surface area contributed by atoms with Crippen molar-refractivity contribution in [1.29, 1.82) is 0 Å².